The fourth-order valence-electron chi connectivity index (χ4n) is 13.5. The lowest BCUT2D eigenvalue weighted by Crippen LogP contribution is -2.37. The summed E-state index contributed by atoms with van der Waals surface area (Å²) in [6, 6.07) is 0. The molecule has 15 rings (SSSR count). The average molecular weight is 1810 g/mol. The van der Waals surface area contributed by atoms with Gasteiger partial charge in [0.1, 0.15) is 79.4 Å². The lowest BCUT2D eigenvalue weighted by atomic mass is 10.1. The number of nitrogens with zero attached hydrogens (tertiary/aromatic N) is 15. The minimum absolute atomic E-state index is 0.00241. The number of amides is 4. The van der Waals surface area contributed by atoms with Gasteiger partial charge >= 0.3 is 11.9 Å². The van der Waals surface area contributed by atoms with Gasteiger partial charge in [0.25, 0.3) is 27.8 Å². The largest absolute Gasteiger partial charge is 0.479 e. The van der Waals surface area contributed by atoms with Crippen molar-refractivity contribution in [1.82, 2.24) is 97.6 Å². The number of carbonyl (C=O) groups excluding carboxylic acids is 5. The Morgan fingerprint density at radius 1 is 0.398 bits per heavy atom. The number of nitrogens with one attached hydrogen (secondary N) is 9. The number of methoxy groups -OCH3 is 6. The number of aliphatic hydroxyl groups is 8. The molecule has 10 aromatic rings. The number of aromatic nitrogens is 20. The Labute approximate surface area is 723 Å². The highest BCUT2D eigenvalue weighted by molar-refractivity contribution is 5.93. The van der Waals surface area contributed by atoms with Gasteiger partial charge in [-0.2, -0.15) is 24.9 Å². The van der Waals surface area contributed by atoms with E-state index in [1.165, 1.54) is 97.1 Å². The highest BCUT2D eigenvalue weighted by Gasteiger charge is 2.53. The van der Waals surface area contributed by atoms with Crippen LogP contribution in [0, 0.1) is 23.7 Å². The number of esters is 1. The predicted molar refractivity (Wildman–Crippen MR) is 434 cm³/mol. The van der Waals surface area contributed by atoms with Crippen molar-refractivity contribution < 1.29 is 132 Å². The third-order valence-electron chi connectivity index (χ3n) is 20.3. The van der Waals surface area contributed by atoms with E-state index >= 15 is 0 Å². The number of nitrogen functional groups attached to an aromatic ring is 1. The van der Waals surface area contributed by atoms with E-state index in [9.17, 15) is 98.7 Å². The summed E-state index contributed by atoms with van der Waals surface area (Å²) in [5.41, 5.74) is 3.03. The third-order valence-corrected chi connectivity index (χ3v) is 20.3. The van der Waals surface area contributed by atoms with E-state index in [1.54, 1.807) is 55.4 Å². The number of carboxylic acid groups (broad SMARTS) is 1. The maximum atomic E-state index is 12.3. The van der Waals surface area contributed by atoms with Crippen molar-refractivity contribution in [2.45, 2.75) is 178 Å². The van der Waals surface area contributed by atoms with Crippen molar-refractivity contribution in [1.29, 1.82) is 0 Å². The van der Waals surface area contributed by atoms with Crippen LogP contribution in [0.2, 0.25) is 0 Å². The molecule has 56 nitrogen and oxygen atoms in total. The molecule has 5 fully saturated rings. The van der Waals surface area contributed by atoms with Crippen LogP contribution in [0.15, 0.2) is 55.6 Å². The summed E-state index contributed by atoms with van der Waals surface area (Å²) < 4.78 is 94.4. The van der Waals surface area contributed by atoms with Crippen molar-refractivity contribution in [3.63, 3.8) is 0 Å². The predicted octanol–water partition coefficient (Wildman–Crippen LogP) is -5.84. The van der Waals surface area contributed by atoms with Crippen LogP contribution in [0.25, 0.3) is 55.8 Å². The first-order valence-corrected chi connectivity index (χ1v) is 38.7. The van der Waals surface area contributed by atoms with E-state index in [0.29, 0.717) is 0 Å². The quantitative estimate of drug-likeness (QED) is 0.0265. The number of fused-ring (bicyclic) bond motifs is 5. The van der Waals surface area contributed by atoms with Gasteiger partial charge in [-0.05, 0) is 0 Å². The monoisotopic (exact) mass is 1810 g/mol. The van der Waals surface area contributed by atoms with E-state index in [2.05, 4.69) is 101 Å². The molecule has 10 aromatic heterocycles. The number of anilines is 5. The summed E-state index contributed by atoms with van der Waals surface area (Å²) >= 11 is 0. The van der Waals surface area contributed by atoms with Gasteiger partial charge in [-0.15, -0.1) is 0 Å². The summed E-state index contributed by atoms with van der Waals surface area (Å²) in [5.74, 6) is -5.16. The van der Waals surface area contributed by atoms with E-state index in [4.69, 9.17) is 58.6 Å². The highest BCUT2D eigenvalue weighted by atomic mass is 16.6. The number of rotatable bonds is 23. The van der Waals surface area contributed by atoms with Crippen LogP contribution in [0.1, 0.15) is 92.0 Å². The number of aliphatic hydroxyl groups excluding tert-OH is 6. The minimum Gasteiger partial charge on any atom is -0.479 e. The van der Waals surface area contributed by atoms with Crippen LogP contribution in [0.5, 0.6) is 0 Å². The first kappa shape index (κ1) is 90.4. The molecule has 0 aromatic carbocycles. The van der Waals surface area contributed by atoms with E-state index in [1.807, 2.05) is 0 Å². The zero-order valence-electron chi connectivity index (χ0n) is 74.2. The van der Waals surface area contributed by atoms with Gasteiger partial charge in [0.05, 0.1) is 64.0 Å². The maximum absolute atomic E-state index is 12.3. The molecule has 4 amide bonds. The molecule has 0 aliphatic carbocycles. The SMILES string of the molecule is COC(=O)[C@H]1O[C@@H](n2cnc3c(=O)[nH]c(NC(=O)C(C)C)nc32)[C@@H](OC)C1O.CO[C@H]1C(O)[C@@H](C(=O)O)O[C@H]1n1cnc2c(=O)[nH]c(NC(=O)C(C)C)nc21.CO[C@H]1C(O)[C@@H](CO)O[C@H]1n1cnc2c(=O)[nH]c(NC(=O)C(C)C)nc21.[2H]C([2H])(O)[C@H]1O[C@@H](n2cnc3c(=O)[nH]c(N)nc32)[C@@H](OC)C1O.[2H]C([2H])(O)[C@H]1O[C@@H](n2cnc3c(=O)[nH]c(NC(=O)C(C)C)nc32)[C@@H](OC)C1O. The van der Waals surface area contributed by atoms with Gasteiger partial charge in [0, 0.05) is 59.2 Å². The van der Waals surface area contributed by atoms with Crippen LogP contribution >= 0.6 is 0 Å². The molecule has 0 saturated carbocycles. The zero-order chi connectivity index (χ0) is 97.2. The lowest BCUT2D eigenvalue weighted by molar-refractivity contribution is -0.159. The van der Waals surface area contributed by atoms with Gasteiger partial charge in [-0.3, -0.25) is 112 Å². The summed E-state index contributed by atoms with van der Waals surface area (Å²) in [6.07, 6.45) is -17.2. The number of hydrogen-bond donors (Lipinski definition) is 19. The van der Waals surface area contributed by atoms with Gasteiger partial charge < -0.3 is 104 Å². The number of imidazole rings is 5. The van der Waals surface area contributed by atoms with Crippen molar-refractivity contribution >= 4 is 121 Å². The molecule has 20 atom stereocenters. The third kappa shape index (κ3) is 19.7. The van der Waals surface area contributed by atoms with Crippen molar-refractivity contribution in [2.75, 3.05) is 89.4 Å². The minimum atomic E-state index is -2.83. The molecule has 5 saturated heterocycles. The molecule has 696 valence electrons. The smallest absolute Gasteiger partial charge is 0.337 e. The fraction of sp³-hybridized carbons (Fsp3) is 0.569. The second kappa shape index (κ2) is 40.7. The summed E-state index contributed by atoms with van der Waals surface area (Å²) in [5, 5.41) is 98.7. The van der Waals surface area contributed by atoms with Crippen LogP contribution in [0.3, 0.4) is 0 Å². The molecule has 20 N–H and O–H groups in total. The molecule has 5 unspecified atom stereocenters. The number of carboxylic acids is 1. The lowest BCUT2D eigenvalue weighted by Gasteiger charge is -2.20. The van der Waals surface area contributed by atoms with E-state index in [0.717, 1.165) is 0 Å². The molecule has 5 aliphatic rings. The molecule has 0 radical (unpaired) electrons. The normalized spacial score (nSPS) is 26.7. The number of hydrogen-bond acceptors (Lipinski definition) is 41. The molecule has 15 heterocycles. The van der Waals surface area contributed by atoms with Crippen LogP contribution in [0.4, 0.5) is 29.7 Å². The molecule has 56 heteroatoms. The molecule has 128 heavy (non-hydrogen) atoms. The Morgan fingerprint density at radius 2 is 0.641 bits per heavy atom. The van der Waals surface area contributed by atoms with Crippen LogP contribution in [-0.2, 0) is 80.9 Å². The number of carbonyl (C=O) groups is 6. The Kier molecular flexibility index (Phi) is 28.8. The summed E-state index contributed by atoms with van der Waals surface area (Å²) in [7, 11) is 7.79. The molecular weight excluding hydrogens is 1710 g/mol. The Hall–Kier alpha value is -12.3. The van der Waals surface area contributed by atoms with Gasteiger partial charge in [0.2, 0.25) is 53.4 Å². The highest BCUT2D eigenvalue weighted by Crippen LogP contribution is 2.39. The maximum Gasteiger partial charge on any atom is 0.337 e. The number of H-pyrrole nitrogens is 5. The number of nitrogens with two attached hydrogens (primary N) is 1. The van der Waals surface area contributed by atoms with Gasteiger partial charge in [0.15, 0.2) is 99.2 Å². The average Bonchev–Trinajstić information content (AvgIpc) is 2.35. The van der Waals surface area contributed by atoms with Gasteiger partial charge in [-0.25, -0.2) is 34.5 Å². The molecular formula is C72H97N25O31. The van der Waals surface area contributed by atoms with E-state index in [-0.39, 0.29) is 133 Å². The second-order valence-electron chi connectivity index (χ2n) is 29.9. The number of aromatic amines is 5. The number of ether oxygens (including phenoxy) is 11. The Morgan fingerprint density at radius 3 is 0.898 bits per heavy atom. The standard InChI is InChI=1S/C16H21N5O7.C15H19N5O7.2C15H21N5O6.C11H15N5O5/c1-6(2)12(23)19-16-18-11-7(13(24)20-16)17-5-21(11)14-9(26-3)8(22)10(28-14)15(25)27-4;1-5(2)11(22)18-15-17-10-6(12(23)19-15)16-4-20(10)13-8(26-3)7(21)9(27-13)14(24)25;2*1-6(2)12(23)18-15-17-11-8(13(24)19-15)16-5-20(11)14-10(25-3)9(22)7(4-21)26-14;1-20-7-6(18)4(2-17)21-10(7)16-3-13-5-8(16)14-11(12)15-9(5)19/h5-6,8-10,14,22H,1-4H3,(H2,18,19,20,23,24);4-5,7-9,13,21H,1-3H3,(H,24,25)(H2,17,18,19,22,23);2*5-7,9-10,14,21-22H,4H2,1-3H3,(H2,17,18,19,23,24);3-4,6-7,10,17-18H,2H2,1H3,(H3,12,14,15,19)/t8?,9-,10-,14+;7?,8-,9-,13+;2*7-,9?,10+,14-;4-,6?,7+,10-/m00111/s1/i;;4D2;;2D2. The fourth-order valence-corrected chi connectivity index (χ4v) is 13.5. The van der Waals surface area contributed by atoms with Crippen molar-refractivity contribution in [2.24, 2.45) is 23.7 Å². The second-order valence-corrected chi connectivity index (χ2v) is 29.9. The first-order valence-electron chi connectivity index (χ1n) is 40.7. The van der Waals surface area contributed by atoms with Gasteiger partial charge in [-0.1, -0.05) is 55.4 Å². The van der Waals surface area contributed by atoms with Crippen molar-refractivity contribution in [3.05, 3.63) is 83.4 Å². The Bertz CT molecular complexity index is 6180. The van der Waals surface area contributed by atoms with Crippen LogP contribution < -0.4 is 54.8 Å². The zero-order valence-corrected chi connectivity index (χ0v) is 70.2. The van der Waals surface area contributed by atoms with Crippen LogP contribution in [-0.4, -0.2) is 333 Å². The molecule has 5 aliphatic heterocycles. The van der Waals surface area contributed by atoms with E-state index < -0.39 is 182 Å². The summed E-state index contributed by atoms with van der Waals surface area (Å²) in [4.78, 5) is 184. The molecule has 0 spiro atoms. The van der Waals surface area contributed by atoms with Crippen molar-refractivity contribution in [3.8, 4) is 0 Å². The summed E-state index contributed by atoms with van der Waals surface area (Å²) in [6.45, 7) is 7.51. The number of aliphatic carboxylic acids is 1. The Balaban J connectivity index is 0.000000159. The molecule has 0 bridgehead atoms. The first-order chi connectivity index (χ1) is 62.2. The topological polar surface area (TPSA) is 778 Å².